The fourth-order valence-corrected chi connectivity index (χ4v) is 6.48. The molecule has 0 radical (unpaired) electrons. The lowest BCUT2D eigenvalue weighted by Crippen LogP contribution is -2.47. The number of nitrogens with zero attached hydrogens (tertiary/aromatic N) is 5. The molecule has 0 amide bonds. The van der Waals surface area contributed by atoms with E-state index >= 15 is 0 Å². The number of aromatic amines is 1. The van der Waals surface area contributed by atoms with E-state index in [2.05, 4.69) is 51.4 Å². The third-order valence-corrected chi connectivity index (χ3v) is 8.51. The molecule has 2 aromatic heterocycles. The van der Waals surface area contributed by atoms with Crippen LogP contribution in [0.2, 0.25) is 0 Å². The number of H-pyrrole nitrogens is 1. The molecule has 1 aliphatic heterocycles. The zero-order valence-electron chi connectivity index (χ0n) is 20.6. The molecule has 7 nitrogen and oxygen atoms in total. The van der Waals surface area contributed by atoms with Crippen LogP contribution in [0.25, 0.3) is 27.1 Å². The number of benzene rings is 2. The molecule has 1 saturated carbocycles. The summed E-state index contributed by atoms with van der Waals surface area (Å²) in [6.45, 7) is 11.6. The fraction of sp³-hybridized carbons (Fsp3) is 0.414. The maximum absolute atomic E-state index is 10.6. The molecule has 0 bridgehead atoms. The lowest BCUT2D eigenvalue weighted by molar-refractivity contribution is -0.0357. The van der Waals surface area contributed by atoms with Crippen molar-refractivity contribution < 1.29 is 5.11 Å². The van der Waals surface area contributed by atoms with Crippen molar-refractivity contribution in [2.45, 2.75) is 51.3 Å². The average Bonchev–Trinajstić information content (AvgIpc) is 3.54. The van der Waals surface area contributed by atoms with Crippen molar-refractivity contribution in [2.24, 2.45) is 17.8 Å². The van der Waals surface area contributed by atoms with Crippen LogP contribution in [0.3, 0.4) is 0 Å². The van der Waals surface area contributed by atoms with Gasteiger partial charge in [-0.2, -0.15) is 11.5 Å². The van der Waals surface area contributed by atoms with E-state index < -0.39 is 0 Å². The monoisotopic (exact) mass is 480 g/mol. The minimum Gasteiger partial charge on any atom is -0.393 e. The van der Waals surface area contributed by atoms with Gasteiger partial charge >= 0.3 is 0 Å². The van der Waals surface area contributed by atoms with Crippen LogP contribution in [0.1, 0.15) is 43.5 Å². The molecule has 2 N–H and O–H groups in total. The van der Waals surface area contributed by atoms with Gasteiger partial charge in [0.05, 0.1) is 18.8 Å². The molecule has 2 fully saturated rings. The Morgan fingerprint density at radius 1 is 1.11 bits per heavy atom. The quantitative estimate of drug-likeness (QED) is 0.382. The number of hydrogen-bond acceptors (Lipinski definition) is 4. The number of aromatic nitrogens is 4. The molecule has 36 heavy (non-hydrogen) atoms. The summed E-state index contributed by atoms with van der Waals surface area (Å²) in [5.74, 6) is 1.17. The number of aliphatic hydroxyl groups excluding tert-OH is 1. The van der Waals surface area contributed by atoms with Gasteiger partial charge in [-0.1, -0.05) is 60.7 Å². The number of nitrogens with one attached hydrogen (secondary N) is 1. The summed E-state index contributed by atoms with van der Waals surface area (Å²) in [6.07, 6.45) is 5.31. The van der Waals surface area contributed by atoms with E-state index in [1.54, 1.807) is 0 Å². The van der Waals surface area contributed by atoms with E-state index in [1.807, 2.05) is 46.2 Å². The van der Waals surface area contributed by atoms with Crippen LogP contribution >= 0.6 is 0 Å². The largest absolute Gasteiger partial charge is 0.393 e. The van der Waals surface area contributed by atoms with Crippen molar-refractivity contribution in [3.05, 3.63) is 83.6 Å². The van der Waals surface area contributed by atoms with Gasteiger partial charge in [-0.3, -0.25) is 4.68 Å². The lowest BCUT2D eigenvalue weighted by atomic mass is 9.66. The van der Waals surface area contributed by atoms with Gasteiger partial charge in [-0.25, -0.2) is 0 Å². The first-order valence-electron chi connectivity index (χ1n) is 13.0. The van der Waals surface area contributed by atoms with Crippen molar-refractivity contribution in [3.8, 4) is 11.3 Å². The zero-order chi connectivity index (χ0) is 24.6. The molecular formula is C29H32N6O. The second kappa shape index (κ2) is 9.44. The number of hydrogen-bond donors (Lipinski definition) is 2. The third kappa shape index (κ3) is 4.06. The predicted octanol–water partition coefficient (Wildman–Crippen LogP) is 5.27. The van der Waals surface area contributed by atoms with E-state index in [4.69, 9.17) is 6.57 Å². The molecular weight excluding hydrogens is 448 g/mol. The number of rotatable bonds is 5. The van der Waals surface area contributed by atoms with Crippen LogP contribution < -0.4 is 0 Å². The first-order chi connectivity index (χ1) is 17.6. The van der Waals surface area contributed by atoms with Crippen molar-refractivity contribution >= 4 is 10.9 Å². The highest BCUT2D eigenvalue weighted by molar-refractivity contribution is 5.84. The molecule has 1 aliphatic carbocycles. The summed E-state index contributed by atoms with van der Waals surface area (Å²) in [7, 11) is 0. The number of aliphatic hydroxyl groups is 1. The summed E-state index contributed by atoms with van der Waals surface area (Å²) < 4.78 is 1.91. The Morgan fingerprint density at radius 2 is 1.92 bits per heavy atom. The first kappa shape index (κ1) is 22.8. The third-order valence-electron chi connectivity index (χ3n) is 8.51. The van der Waals surface area contributed by atoms with Gasteiger partial charge in [-0.05, 0) is 55.1 Å². The van der Waals surface area contributed by atoms with Crippen LogP contribution in [0.4, 0.5) is 0 Å². The summed E-state index contributed by atoms with van der Waals surface area (Å²) in [5, 5.41) is 22.5. The number of piperidine rings is 1. The molecule has 6 rings (SSSR count). The second-order valence-corrected chi connectivity index (χ2v) is 10.4. The Kier molecular flexibility index (Phi) is 5.98. The number of aryl methyl sites for hydroxylation is 2. The summed E-state index contributed by atoms with van der Waals surface area (Å²) >= 11 is 0. The van der Waals surface area contributed by atoms with Gasteiger partial charge in [0.25, 0.3) is 0 Å². The van der Waals surface area contributed by atoms with E-state index in [0.717, 1.165) is 54.7 Å². The maximum Gasteiger partial charge on any atom is 0.137 e. The highest BCUT2D eigenvalue weighted by Crippen LogP contribution is 2.47. The highest BCUT2D eigenvalue weighted by Gasteiger charge is 2.46. The van der Waals surface area contributed by atoms with Crippen LogP contribution in [0.15, 0.2) is 60.8 Å². The highest BCUT2D eigenvalue weighted by atomic mass is 16.3. The smallest absolute Gasteiger partial charge is 0.137 e. The van der Waals surface area contributed by atoms with Crippen LogP contribution in [0, 0.1) is 24.3 Å². The molecule has 7 heteroatoms. The Balaban J connectivity index is 1.31. The van der Waals surface area contributed by atoms with Crippen molar-refractivity contribution in [1.82, 2.24) is 25.0 Å². The van der Waals surface area contributed by atoms with Crippen molar-refractivity contribution in [1.29, 1.82) is 0 Å². The molecule has 1 saturated heterocycles. The van der Waals surface area contributed by atoms with Gasteiger partial charge < -0.3 is 10.1 Å². The maximum atomic E-state index is 10.6. The SMILES string of the molecule is [C-]#[N+]N1C[C@@H]2CC[C@H](O)[C@H](C)[C@H]2C[C@H]1c1[nH]c2ccccc2c1CCn1cc(-c2ccccc2)nn1. The van der Waals surface area contributed by atoms with E-state index in [9.17, 15) is 5.11 Å². The molecule has 2 aliphatic rings. The summed E-state index contributed by atoms with van der Waals surface area (Å²) in [4.78, 5) is 7.67. The van der Waals surface area contributed by atoms with Gasteiger partial charge in [-0.15, -0.1) is 10.1 Å². The first-order valence-corrected chi connectivity index (χ1v) is 13.0. The molecule has 2 aromatic carbocycles. The lowest BCUT2D eigenvalue weighted by Gasteiger charge is -2.45. The van der Waals surface area contributed by atoms with E-state index in [1.165, 1.54) is 10.9 Å². The Labute approximate surface area is 211 Å². The number of para-hydroxylation sites is 1. The van der Waals surface area contributed by atoms with Gasteiger partial charge in [0.2, 0.25) is 0 Å². The van der Waals surface area contributed by atoms with Crippen LogP contribution in [0.5, 0.6) is 0 Å². The van der Waals surface area contributed by atoms with Crippen molar-refractivity contribution in [2.75, 3.05) is 6.54 Å². The van der Waals surface area contributed by atoms with E-state index in [0.29, 0.717) is 18.4 Å². The molecule has 0 spiro atoms. The van der Waals surface area contributed by atoms with Crippen LogP contribution in [-0.2, 0) is 13.0 Å². The van der Waals surface area contributed by atoms with Gasteiger partial charge in [0, 0.05) is 28.7 Å². The molecule has 0 unspecified atom stereocenters. The minimum absolute atomic E-state index is 0.00507. The summed E-state index contributed by atoms with van der Waals surface area (Å²) in [6, 6.07) is 18.5. The second-order valence-electron chi connectivity index (χ2n) is 10.4. The normalized spacial score (nSPS) is 26.0. The molecule has 5 atom stereocenters. The minimum atomic E-state index is -0.236. The Hall–Kier alpha value is -3.63. The Morgan fingerprint density at radius 3 is 2.75 bits per heavy atom. The predicted molar refractivity (Wildman–Crippen MR) is 140 cm³/mol. The molecule has 4 aromatic rings. The average molecular weight is 481 g/mol. The standard InChI is InChI=1S/C29H32N6O/c1-19-24-16-27(35(30-2)17-21(24)12-13-28(19)36)29-23(22-10-6-7-11-25(22)31-29)14-15-34-18-26(32-33-34)20-8-4-3-5-9-20/h3-11,18-19,21,24,27-28,31,36H,12-17H2,1H3/t19-,21+,24-,27+,28+/m1/s1. The van der Waals surface area contributed by atoms with Crippen molar-refractivity contribution in [3.63, 3.8) is 0 Å². The van der Waals surface area contributed by atoms with Gasteiger partial charge in [0.15, 0.2) is 0 Å². The van der Waals surface area contributed by atoms with E-state index in [-0.39, 0.29) is 18.1 Å². The zero-order valence-corrected chi connectivity index (χ0v) is 20.6. The fourth-order valence-electron chi connectivity index (χ4n) is 6.48. The Bertz CT molecular complexity index is 1390. The van der Waals surface area contributed by atoms with Crippen LogP contribution in [-0.4, -0.2) is 42.7 Å². The molecule has 3 heterocycles. The topological polar surface area (TPSA) is 74.3 Å². The van der Waals surface area contributed by atoms with Gasteiger partial charge in [0.1, 0.15) is 11.7 Å². The molecule has 184 valence electrons. The number of fused-ring (bicyclic) bond motifs is 2. The summed E-state index contributed by atoms with van der Waals surface area (Å²) in [5.41, 5.74) is 5.43.